The molecule has 1 unspecified atom stereocenters. The quantitative estimate of drug-likeness (QED) is 0.651. The van der Waals surface area contributed by atoms with Gasteiger partial charge in [-0.2, -0.15) is 13.2 Å². The van der Waals surface area contributed by atoms with E-state index in [1.54, 1.807) is 7.11 Å². The molecule has 14 heavy (non-hydrogen) atoms. The average molecular weight is 215 g/mol. The molecule has 0 aliphatic heterocycles. The monoisotopic (exact) mass is 215 g/mol. The summed E-state index contributed by atoms with van der Waals surface area (Å²) in [6.45, 7) is -0.658. The van der Waals surface area contributed by atoms with Gasteiger partial charge in [0.1, 0.15) is 6.61 Å². The summed E-state index contributed by atoms with van der Waals surface area (Å²) in [7, 11) is 1.55. The highest BCUT2D eigenvalue weighted by molar-refractivity contribution is 4.60. The number of methoxy groups -OCH3 is 1. The average Bonchev–Trinajstić information content (AvgIpc) is 2.07. The molecule has 86 valence electrons. The van der Waals surface area contributed by atoms with Crippen LogP contribution in [0.5, 0.6) is 0 Å². The van der Waals surface area contributed by atoms with Gasteiger partial charge in [0, 0.05) is 26.4 Å². The molecule has 3 nitrogen and oxygen atoms in total. The van der Waals surface area contributed by atoms with Crippen molar-refractivity contribution in [2.45, 2.75) is 25.1 Å². The molecule has 0 saturated heterocycles. The van der Waals surface area contributed by atoms with Crippen molar-refractivity contribution < 1.29 is 22.6 Å². The van der Waals surface area contributed by atoms with E-state index in [1.165, 1.54) is 0 Å². The van der Waals surface area contributed by atoms with E-state index >= 15 is 0 Å². The third kappa shape index (κ3) is 9.76. The molecular formula is C8H16F3NO2. The smallest absolute Gasteiger partial charge is 0.385 e. The highest BCUT2D eigenvalue weighted by Crippen LogP contribution is 2.14. The zero-order valence-corrected chi connectivity index (χ0v) is 8.14. The van der Waals surface area contributed by atoms with E-state index in [9.17, 15) is 13.2 Å². The first-order valence-electron chi connectivity index (χ1n) is 4.34. The maximum atomic E-state index is 11.6. The Morgan fingerprint density at radius 1 is 1.21 bits per heavy atom. The Morgan fingerprint density at radius 2 is 1.79 bits per heavy atom. The van der Waals surface area contributed by atoms with Crippen LogP contribution in [0.4, 0.5) is 13.2 Å². The van der Waals surface area contributed by atoms with Crippen LogP contribution in [0.3, 0.4) is 0 Å². The number of nitrogens with two attached hydrogens (primary N) is 1. The predicted molar refractivity (Wildman–Crippen MR) is 46.0 cm³/mol. The van der Waals surface area contributed by atoms with Gasteiger partial charge in [0.2, 0.25) is 0 Å². The van der Waals surface area contributed by atoms with Crippen LogP contribution in [0.1, 0.15) is 12.8 Å². The molecule has 0 rings (SSSR count). The largest absolute Gasteiger partial charge is 0.411 e. The summed E-state index contributed by atoms with van der Waals surface area (Å²) in [6.07, 6.45) is -3.21. The Bertz CT molecular complexity index is 141. The van der Waals surface area contributed by atoms with E-state index < -0.39 is 12.8 Å². The summed E-state index contributed by atoms with van der Waals surface area (Å²) in [4.78, 5) is 0. The normalized spacial score (nSPS) is 14.4. The van der Waals surface area contributed by atoms with Gasteiger partial charge in [0.25, 0.3) is 0 Å². The molecular weight excluding hydrogens is 199 g/mol. The third-order valence-corrected chi connectivity index (χ3v) is 1.59. The number of hydrogen-bond donors (Lipinski definition) is 1. The van der Waals surface area contributed by atoms with E-state index in [-0.39, 0.29) is 12.6 Å². The molecule has 0 aliphatic rings. The van der Waals surface area contributed by atoms with Crippen LogP contribution < -0.4 is 5.73 Å². The van der Waals surface area contributed by atoms with Crippen molar-refractivity contribution in [1.29, 1.82) is 0 Å². The lowest BCUT2D eigenvalue weighted by Gasteiger charge is -2.11. The molecule has 0 aliphatic carbocycles. The molecule has 6 heteroatoms. The van der Waals surface area contributed by atoms with Gasteiger partial charge in [-0.25, -0.2) is 0 Å². The second kappa shape index (κ2) is 7.03. The maximum Gasteiger partial charge on any atom is 0.411 e. The van der Waals surface area contributed by atoms with Crippen LogP contribution in [-0.4, -0.2) is 39.1 Å². The van der Waals surface area contributed by atoms with E-state index in [0.29, 0.717) is 19.4 Å². The lowest BCUT2D eigenvalue weighted by atomic mass is 10.2. The van der Waals surface area contributed by atoms with Crippen LogP contribution >= 0.6 is 0 Å². The highest BCUT2D eigenvalue weighted by atomic mass is 19.4. The van der Waals surface area contributed by atoms with Crippen molar-refractivity contribution in [2.75, 3.05) is 26.9 Å². The number of alkyl halides is 3. The van der Waals surface area contributed by atoms with Gasteiger partial charge in [0.15, 0.2) is 0 Å². The molecule has 0 fully saturated rings. The summed E-state index contributed by atoms with van der Waals surface area (Å²) in [6, 6.07) is -0.164. The summed E-state index contributed by atoms with van der Waals surface area (Å²) in [5.74, 6) is 0. The fraction of sp³-hybridized carbons (Fsp3) is 1.00. The van der Waals surface area contributed by atoms with Gasteiger partial charge in [-0.3, -0.25) is 0 Å². The van der Waals surface area contributed by atoms with Crippen molar-refractivity contribution in [3.8, 4) is 0 Å². The SMILES string of the molecule is COCCC(N)CCOCC(F)(F)F. The number of ether oxygens (including phenoxy) is 2. The van der Waals surface area contributed by atoms with Crippen LogP contribution in [0.15, 0.2) is 0 Å². The number of hydrogen-bond acceptors (Lipinski definition) is 3. The molecule has 0 heterocycles. The van der Waals surface area contributed by atoms with Crippen molar-refractivity contribution in [3.63, 3.8) is 0 Å². The molecule has 0 saturated carbocycles. The molecule has 0 aromatic heterocycles. The van der Waals surface area contributed by atoms with Crippen molar-refractivity contribution in [1.82, 2.24) is 0 Å². The first kappa shape index (κ1) is 13.7. The van der Waals surface area contributed by atoms with Crippen LogP contribution in [-0.2, 0) is 9.47 Å². The second-order valence-corrected chi connectivity index (χ2v) is 3.00. The molecule has 0 spiro atoms. The van der Waals surface area contributed by atoms with Crippen molar-refractivity contribution >= 4 is 0 Å². The maximum absolute atomic E-state index is 11.6. The van der Waals surface area contributed by atoms with Crippen LogP contribution in [0.25, 0.3) is 0 Å². The number of halogens is 3. The lowest BCUT2D eigenvalue weighted by molar-refractivity contribution is -0.174. The van der Waals surface area contributed by atoms with E-state index in [4.69, 9.17) is 10.5 Å². The molecule has 0 aromatic rings. The van der Waals surface area contributed by atoms with E-state index in [2.05, 4.69) is 4.74 Å². The minimum atomic E-state index is -4.25. The van der Waals surface area contributed by atoms with Gasteiger partial charge in [0.05, 0.1) is 0 Å². The van der Waals surface area contributed by atoms with Crippen LogP contribution in [0, 0.1) is 0 Å². The molecule has 1 atom stereocenters. The van der Waals surface area contributed by atoms with Gasteiger partial charge in [-0.1, -0.05) is 0 Å². The number of rotatable bonds is 7. The molecule has 0 amide bonds. The first-order valence-corrected chi connectivity index (χ1v) is 4.34. The van der Waals surface area contributed by atoms with Gasteiger partial charge >= 0.3 is 6.18 Å². The zero-order valence-electron chi connectivity index (χ0n) is 8.14. The molecule has 2 N–H and O–H groups in total. The second-order valence-electron chi connectivity index (χ2n) is 3.00. The van der Waals surface area contributed by atoms with Gasteiger partial charge < -0.3 is 15.2 Å². The summed E-state index contributed by atoms with van der Waals surface area (Å²) in [5.41, 5.74) is 5.57. The Morgan fingerprint density at radius 3 is 2.29 bits per heavy atom. The molecule has 0 radical (unpaired) electrons. The zero-order chi connectivity index (χ0) is 11.0. The Balaban J connectivity index is 3.27. The minimum absolute atomic E-state index is 0.0321. The third-order valence-electron chi connectivity index (χ3n) is 1.59. The van der Waals surface area contributed by atoms with Crippen molar-refractivity contribution in [2.24, 2.45) is 5.73 Å². The Kier molecular flexibility index (Phi) is 6.86. The molecule has 0 bridgehead atoms. The highest BCUT2D eigenvalue weighted by Gasteiger charge is 2.27. The summed E-state index contributed by atoms with van der Waals surface area (Å²) < 4.78 is 44.0. The topological polar surface area (TPSA) is 44.5 Å². The van der Waals surface area contributed by atoms with Gasteiger partial charge in [-0.15, -0.1) is 0 Å². The lowest BCUT2D eigenvalue weighted by Crippen LogP contribution is -2.25. The molecule has 0 aromatic carbocycles. The van der Waals surface area contributed by atoms with Crippen molar-refractivity contribution in [3.05, 3.63) is 0 Å². The summed E-state index contributed by atoms with van der Waals surface area (Å²) in [5, 5.41) is 0. The fourth-order valence-electron chi connectivity index (χ4n) is 0.836. The van der Waals surface area contributed by atoms with E-state index in [1.807, 2.05) is 0 Å². The fourth-order valence-corrected chi connectivity index (χ4v) is 0.836. The predicted octanol–water partition coefficient (Wildman–Crippen LogP) is 1.32. The Hall–Kier alpha value is -0.330. The first-order chi connectivity index (χ1) is 6.45. The Labute approximate surface area is 81.4 Å². The standard InChI is InChI=1S/C8H16F3NO2/c1-13-4-2-7(12)3-5-14-6-8(9,10)11/h7H,2-6,12H2,1H3. The summed E-state index contributed by atoms with van der Waals surface area (Å²) >= 11 is 0. The van der Waals surface area contributed by atoms with E-state index in [0.717, 1.165) is 0 Å². The minimum Gasteiger partial charge on any atom is -0.385 e. The van der Waals surface area contributed by atoms with Gasteiger partial charge in [-0.05, 0) is 12.8 Å². The van der Waals surface area contributed by atoms with Crippen LogP contribution in [0.2, 0.25) is 0 Å².